The van der Waals surface area contributed by atoms with E-state index >= 15 is 0 Å². The van der Waals surface area contributed by atoms with Gasteiger partial charge < -0.3 is 15.4 Å². The van der Waals surface area contributed by atoms with Gasteiger partial charge in [0.25, 0.3) is 0 Å². The number of nitrogens with two attached hydrogens (primary N) is 1. The molecule has 1 fully saturated rings. The summed E-state index contributed by atoms with van der Waals surface area (Å²) in [5.41, 5.74) is 6.82. The van der Waals surface area contributed by atoms with E-state index in [1.807, 2.05) is 35.2 Å². The highest BCUT2D eigenvalue weighted by Crippen LogP contribution is 2.29. The minimum atomic E-state index is -0.219. The monoisotopic (exact) mass is 276 g/mol. The maximum atomic E-state index is 12.3. The van der Waals surface area contributed by atoms with E-state index in [4.69, 9.17) is 10.5 Å². The molecule has 2 rings (SSSR count). The van der Waals surface area contributed by atoms with Gasteiger partial charge in [0, 0.05) is 12.6 Å². The van der Waals surface area contributed by atoms with Gasteiger partial charge in [-0.3, -0.25) is 0 Å². The maximum absolute atomic E-state index is 12.3. The lowest BCUT2D eigenvalue weighted by atomic mass is 9.91. The summed E-state index contributed by atoms with van der Waals surface area (Å²) >= 11 is 0. The van der Waals surface area contributed by atoms with E-state index in [-0.39, 0.29) is 12.1 Å². The van der Waals surface area contributed by atoms with E-state index in [1.54, 1.807) is 0 Å². The van der Waals surface area contributed by atoms with Gasteiger partial charge in [-0.2, -0.15) is 0 Å². The smallest absolute Gasteiger partial charge is 0.410 e. The van der Waals surface area contributed by atoms with Crippen LogP contribution in [0.3, 0.4) is 0 Å². The topological polar surface area (TPSA) is 55.6 Å². The lowest BCUT2D eigenvalue weighted by Crippen LogP contribution is -2.43. The molecule has 1 aromatic carbocycles. The first-order valence-corrected chi connectivity index (χ1v) is 7.31. The summed E-state index contributed by atoms with van der Waals surface area (Å²) in [5.74, 6) is 0.787. The Morgan fingerprint density at radius 2 is 2.10 bits per heavy atom. The quantitative estimate of drug-likeness (QED) is 0.919. The molecule has 0 aromatic heterocycles. The molecule has 1 heterocycles. The molecule has 4 heteroatoms. The molecule has 110 valence electrons. The van der Waals surface area contributed by atoms with Gasteiger partial charge in [-0.1, -0.05) is 44.2 Å². The number of ether oxygens (including phenoxy) is 1. The van der Waals surface area contributed by atoms with E-state index in [1.165, 1.54) is 0 Å². The van der Waals surface area contributed by atoms with Crippen molar-refractivity contribution in [3.05, 3.63) is 35.9 Å². The first-order chi connectivity index (χ1) is 9.63. The molecule has 2 unspecified atom stereocenters. The van der Waals surface area contributed by atoms with Crippen LogP contribution in [0.15, 0.2) is 30.3 Å². The Morgan fingerprint density at radius 3 is 2.70 bits per heavy atom. The van der Waals surface area contributed by atoms with Crippen molar-refractivity contribution < 1.29 is 9.53 Å². The zero-order valence-electron chi connectivity index (χ0n) is 12.3. The third-order valence-corrected chi connectivity index (χ3v) is 4.01. The first-order valence-electron chi connectivity index (χ1n) is 7.31. The number of amides is 1. The standard InChI is InChI=1S/C16H24N2O2/c1-12(2)15-14(10-17)8-9-18(15)16(19)20-11-13-6-4-3-5-7-13/h3-7,12,14-15H,8-11,17H2,1-2H3. The van der Waals surface area contributed by atoms with E-state index in [9.17, 15) is 4.79 Å². The Hall–Kier alpha value is -1.55. The molecule has 1 aromatic rings. The summed E-state index contributed by atoms with van der Waals surface area (Å²) in [6.07, 6.45) is 0.753. The lowest BCUT2D eigenvalue weighted by Gasteiger charge is -2.30. The fourth-order valence-corrected chi connectivity index (χ4v) is 3.06. The summed E-state index contributed by atoms with van der Waals surface area (Å²) in [7, 11) is 0. The Bertz CT molecular complexity index is 433. The molecule has 2 N–H and O–H groups in total. The van der Waals surface area contributed by atoms with Crippen LogP contribution in [0.4, 0.5) is 4.79 Å². The summed E-state index contributed by atoms with van der Waals surface area (Å²) in [6.45, 7) is 5.98. The normalized spacial score (nSPS) is 22.3. The second kappa shape index (κ2) is 6.75. The average molecular weight is 276 g/mol. The summed E-state index contributed by atoms with van der Waals surface area (Å²) in [4.78, 5) is 14.1. The van der Waals surface area contributed by atoms with E-state index in [0.717, 1.165) is 18.5 Å². The van der Waals surface area contributed by atoms with Crippen LogP contribution in [-0.2, 0) is 11.3 Å². The van der Waals surface area contributed by atoms with Gasteiger partial charge in [0.1, 0.15) is 6.61 Å². The van der Waals surface area contributed by atoms with Crippen molar-refractivity contribution in [2.24, 2.45) is 17.6 Å². The van der Waals surface area contributed by atoms with Crippen LogP contribution in [-0.4, -0.2) is 30.1 Å². The molecule has 0 spiro atoms. The second-order valence-corrected chi connectivity index (χ2v) is 5.75. The number of carbonyl (C=O) groups is 1. The molecule has 1 aliphatic heterocycles. The van der Waals surface area contributed by atoms with Gasteiger partial charge in [-0.25, -0.2) is 4.79 Å². The zero-order valence-corrected chi connectivity index (χ0v) is 12.3. The Labute approximate surface area is 120 Å². The van der Waals surface area contributed by atoms with Crippen LogP contribution in [0, 0.1) is 11.8 Å². The number of hydrogen-bond acceptors (Lipinski definition) is 3. The predicted molar refractivity (Wildman–Crippen MR) is 79.1 cm³/mol. The van der Waals surface area contributed by atoms with Gasteiger partial charge in [0.15, 0.2) is 0 Å². The molecule has 1 amide bonds. The number of nitrogens with zero attached hydrogens (tertiary/aromatic N) is 1. The Morgan fingerprint density at radius 1 is 1.40 bits per heavy atom. The van der Waals surface area contributed by atoms with Crippen molar-refractivity contribution in [3.8, 4) is 0 Å². The fourth-order valence-electron chi connectivity index (χ4n) is 3.06. The lowest BCUT2D eigenvalue weighted by molar-refractivity contribution is 0.0795. The fraction of sp³-hybridized carbons (Fsp3) is 0.562. The van der Waals surface area contributed by atoms with Crippen molar-refractivity contribution in [1.82, 2.24) is 4.90 Å². The third-order valence-electron chi connectivity index (χ3n) is 4.01. The van der Waals surface area contributed by atoms with Crippen molar-refractivity contribution in [1.29, 1.82) is 0 Å². The molecule has 0 bridgehead atoms. The van der Waals surface area contributed by atoms with Crippen molar-refractivity contribution in [2.45, 2.75) is 32.9 Å². The molecule has 1 aliphatic rings. The molecular weight excluding hydrogens is 252 g/mol. The number of hydrogen-bond donors (Lipinski definition) is 1. The number of likely N-dealkylation sites (tertiary alicyclic amines) is 1. The number of benzene rings is 1. The zero-order chi connectivity index (χ0) is 14.5. The highest BCUT2D eigenvalue weighted by Gasteiger charge is 2.38. The largest absolute Gasteiger partial charge is 0.445 e. The van der Waals surface area contributed by atoms with Crippen LogP contribution in [0.25, 0.3) is 0 Å². The van der Waals surface area contributed by atoms with Crippen LogP contribution in [0.5, 0.6) is 0 Å². The molecular formula is C16H24N2O2. The number of rotatable bonds is 4. The molecule has 4 nitrogen and oxygen atoms in total. The van der Waals surface area contributed by atoms with Crippen molar-refractivity contribution in [2.75, 3.05) is 13.1 Å². The Kier molecular flexibility index (Phi) is 5.01. The average Bonchev–Trinajstić information content (AvgIpc) is 2.90. The third kappa shape index (κ3) is 3.31. The van der Waals surface area contributed by atoms with E-state index in [0.29, 0.717) is 25.0 Å². The summed E-state index contributed by atoms with van der Waals surface area (Å²) < 4.78 is 5.43. The molecule has 2 atom stereocenters. The van der Waals surface area contributed by atoms with Crippen molar-refractivity contribution >= 4 is 6.09 Å². The number of carbonyl (C=O) groups excluding carboxylic acids is 1. The van der Waals surface area contributed by atoms with E-state index in [2.05, 4.69) is 13.8 Å². The molecule has 0 saturated carbocycles. The minimum Gasteiger partial charge on any atom is -0.445 e. The van der Waals surface area contributed by atoms with Gasteiger partial charge >= 0.3 is 6.09 Å². The maximum Gasteiger partial charge on any atom is 0.410 e. The van der Waals surface area contributed by atoms with Crippen LogP contribution in [0.2, 0.25) is 0 Å². The minimum absolute atomic E-state index is 0.197. The second-order valence-electron chi connectivity index (χ2n) is 5.75. The van der Waals surface area contributed by atoms with Gasteiger partial charge in [-0.05, 0) is 30.4 Å². The van der Waals surface area contributed by atoms with Gasteiger partial charge in [0.2, 0.25) is 0 Å². The molecule has 0 radical (unpaired) electrons. The van der Waals surface area contributed by atoms with Crippen LogP contribution in [0.1, 0.15) is 25.8 Å². The van der Waals surface area contributed by atoms with Gasteiger partial charge in [-0.15, -0.1) is 0 Å². The Balaban J connectivity index is 1.95. The van der Waals surface area contributed by atoms with E-state index < -0.39 is 0 Å². The highest BCUT2D eigenvalue weighted by molar-refractivity contribution is 5.68. The summed E-state index contributed by atoms with van der Waals surface area (Å²) in [6, 6.07) is 9.95. The highest BCUT2D eigenvalue weighted by atomic mass is 16.6. The van der Waals surface area contributed by atoms with Crippen LogP contribution < -0.4 is 5.73 Å². The SMILES string of the molecule is CC(C)C1C(CN)CCN1C(=O)OCc1ccccc1. The van der Waals surface area contributed by atoms with Gasteiger partial charge in [0.05, 0.1) is 0 Å². The molecule has 1 saturated heterocycles. The predicted octanol–water partition coefficient (Wildman–Crippen LogP) is 2.63. The first kappa shape index (κ1) is 14.9. The van der Waals surface area contributed by atoms with Crippen LogP contribution >= 0.6 is 0 Å². The van der Waals surface area contributed by atoms with Crippen molar-refractivity contribution in [3.63, 3.8) is 0 Å². The molecule has 20 heavy (non-hydrogen) atoms. The molecule has 0 aliphatic carbocycles. The summed E-state index contributed by atoms with van der Waals surface area (Å²) in [5, 5.41) is 0.